The first-order chi connectivity index (χ1) is 10.0. The Morgan fingerprint density at radius 2 is 2.10 bits per heavy atom. The zero-order valence-electron chi connectivity index (χ0n) is 11.9. The molecule has 1 heterocycles. The maximum atomic E-state index is 12.9. The van der Waals surface area contributed by atoms with Crippen molar-refractivity contribution < 1.29 is 23.4 Å². The quantitative estimate of drug-likeness (QED) is 0.908. The van der Waals surface area contributed by atoms with E-state index in [4.69, 9.17) is 4.74 Å². The van der Waals surface area contributed by atoms with Crippen LogP contribution >= 0.6 is 0 Å². The fourth-order valence-corrected chi connectivity index (χ4v) is 2.76. The smallest absolute Gasteiger partial charge is 0.336 e. The van der Waals surface area contributed by atoms with Gasteiger partial charge in [-0.15, -0.1) is 0 Å². The molecular formula is C15H19F2NO3. The minimum atomic E-state index is -2.47. The van der Waals surface area contributed by atoms with Crippen molar-refractivity contribution in [2.75, 3.05) is 24.7 Å². The Morgan fingerprint density at radius 1 is 1.43 bits per heavy atom. The standard InChI is InChI=1S/C15H19F2NO3/c1-10-12(15(19)20)3-2-4-13(10)18(9-14(16)17)11-5-7-21-8-6-11/h2-4,11,14H,5-9H2,1H3,(H,19,20). The molecule has 0 amide bonds. The van der Waals surface area contributed by atoms with E-state index in [1.807, 2.05) is 0 Å². The summed E-state index contributed by atoms with van der Waals surface area (Å²) in [6, 6.07) is 4.75. The molecule has 2 rings (SSSR count). The van der Waals surface area contributed by atoms with Gasteiger partial charge in [0, 0.05) is 24.9 Å². The Hall–Kier alpha value is -1.69. The van der Waals surface area contributed by atoms with Gasteiger partial charge in [0.15, 0.2) is 0 Å². The van der Waals surface area contributed by atoms with E-state index in [0.717, 1.165) is 0 Å². The second-order valence-electron chi connectivity index (χ2n) is 5.14. The van der Waals surface area contributed by atoms with Gasteiger partial charge < -0.3 is 14.7 Å². The summed E-state index contributed by atoms with van der Waals surface area (Å²) in [5.74, 6) is -1.04. The van der Waals surface area contributed by atoms with Gasteiger partial charge in [0.05, 0.1) is 12.1 Å². The first kappa shape index (κ1) is 15.7. The molecule has 0 radical (unpaired) electrons. The Balaban J connectivity index is 2.35. The van der Waals surface area contributed by atoms with E-state index in [9.17, 15) is 18.7 Å². The SMILES string of the molecule is Cc1c(C(=O)O)cccc1N(CC(F)F)C1CCOCC1. The molecule has 1 aromatic rings. The highest BCUT2D eigenvalue weighted by Gasteiger charge is 2.26. The van der Waals surface area contributed by atoms with Crippen LogP contribution in [0.4, 0.5) is 14.5 Å². The van der Waals surface area contributed by atoms with E-state index < -0.39 is 18.9 Å². The number of hydrogen-bond acceptors (Lipinski definition) is 3. The molecule has 1 N–H and O–H groups in total. The number of alkyl halides is 2. The third kappa shape index (κ3) is 3.69. The molecule has 116 valence electrons. The number of aromatic carboxylic acids is 1. The number of ether oxygens (including phenoxy) is 1. The zero-order valence-corrected chi connectivity index (χ0v) is 11.9. The fourth-order valence-electron chi connectivity index (χ4n) is 2.76. The number of carbonyl (C=O) groups is 1. The highest BCUT2D eigenvalue weighted by atomic mass is 19.3. The van der Waals surface area contributed by atoms with Gasteiger partial charge in [-0.25, -0.2) is 13.6 Å². The number of rotatable bonds is 5. The van der Waals surface area contributed by atoms with Crippen molar-refractivity contribution in [3.63, 3.8) is 0 Å². The maximum Gasteiger partial charge on any atom is 0.336 e. The predicted octanol–water partition coefficient (Wildman–Crippen LogP) is 2.94. The van der Waals surface area contributed by atoms with Crippen LogP contribution in [0.1, 0.15) is 28.8 Å². The molecule has 1 aliphatic heterocycles. The number of nitrogens with zero attached hydrogens (tertiary/aromatic N) is 1. The Kier molecular flexibility index (Phi) is 5.12. The normalized spacial score (nSPS) is 16.2. The van der Waals surface area contributed by atoms with Gasteiger partial charge in [0.25, 0.3) is 6.43 Å². The average Bonchev–Trinajstić information content (AvgIpc) is 2.46. The number of hydrogen-bond donors (Lipinski definition) is 1. The summed E-state index contributed by atoms with van der Waals surface area (Å²) in [6.45, 7) is 2.36. The Bertz CT molecular complexity index is 502. The average molecular weight is 299 g/mol. The van der Waals surface area contributed by atoms with Gasteiger partial charge in [-0.05, 0) is 37.5 Å². The molecule has 0 aromatic heterocycles. The van der Waals surface area contributed by atoms with E-state index in [1.54, 1.807) is 24.0 Å². The first-order valence-corrected chi connectivity index (χ1v) is 6.96. The van der Waals surface area contributed by atoms with Crippen molar-refractivity contribution in [2.45, 2.75) is 32.2 Å². The van der Waals surface area contributed by atoms with Gasteiger partial charge in [-0.2, -0.15) is 0 Å². The van der Waals surface area contributed by atoms with Crippen LogP contribution in [-0.2, 0) is 4.74 Å². The van der Waals surface area contributed by atoms with Gasteiger partial charge in [0.1, 0.15) is 0 Å². The monoisotopic (exact) mass is 299 g/mol. The summed E-state index contributed by atoms with van der Waals surface area (Å²) >= 11 is 0. The molecule has 4 nitrogen and oxygen atoms in total. The van der Waals surface area contributed by atoms with Crippen LogP contribution in [0.25, 0.3) is 0 Å². The van der Waals surface area contributed by atoms with Crippen LogP contribution in [0, 0.1) is 6.92 Å². The van der Waals surface area contributed by atoms with Crippen molar-refractivity contribution in [2.24, 2.45) is 0 Å². The number of anilines is 1. The number of halogens is 2. The zero-order chi connectivity index (χ0) is 15.4. The van der Waals surface area contributed by atoms with Gasteiger partial charge in [-0.1, -0.05) is 6.07 Å². The van der Waals surface area contributed by atoms with Crippen LogP contribution in [0.15, 0.2) is 18.2 Å². The highest BCUT2D eigenvalue weighted by molar-refractivity contribution is 5.91. The Morgan fingerprint density at radius 3 is 2.67 bits per heavy atom. The van der Waals surface area contributed by atoms with Crippen LogP contribution in [0.3, 0.4) is 0 Å². The molecule has 1 aromatic carbocycles. The second kappa shape index (κ2) is 6.85. The third-order valence-corrected chi connectivity index (χ3v) is 3.81. The minimum absolute atomic E-state index is 0.0458. The van der Waals surface area contributed by atoms with Crippen molar-refractivity contribution in [1.29, 1.82) is 0 Å². The van der Waals surface area contributed by atoms with Crippen LogP contribution in [0.2, 0.25) is 0 Å². The first-order valence-electron chi connectivity index (χ1n) is 6.96. The third-order valence-electron chi connectivity index (χ3n) is 3.81. The molecule has 0 unspecified atom stereocenters. The number of carboxylic acids is 1. The van der Waals surface area contributed by atoms with E-state index in [-0.39, 0.29) is 11.6 Å². The molecule has 1 saturated heterocycles. The Labute approximate surface area is 122 Å². The predicted molar refractivity (Wildman–Crippen MR) is 75.3 cm³/mol. The van der Waals surface area contributed by atoms with Crippen LogP contribution < -0.4 is 4.90 Å². The molecule has 21 heavy (non-hydrogen) atoms. The largest absolute Gasteiger partial charge is 0.478 e. The molecule has 0 spiro atoms. The second-order valence-corrected chi connectivity index (χ2v) is 5.14. The topological polar surface area (TPSA) is 49.8 Å². The molecule has 0 aliphatic carbocycles. The summed E-state index contributed by atoms with van der Waals surface area (Å²) < 4.78 is 31.1. The van der Waals surface area contributed by atoms with E-state index in [0.29, 0.717) is 37.3 Å². The number of benzene rings is 1. The molecule has 0 saturated carbocycles. The molecule has 0 atom stereocenters. The number of carboxylic acid groups (broad SMARTS) is 1. The minimum Gasteiger partial charge on any atom is -0.478 e. The lowest BCUT2D eigenvalue weighted by Gasteiger charge is -2.37. The van der Waals surface area contributed by atoms with E-state index in [2.05, 4.69) is 0 Å². The van der Waals surface area contributed by atoms with Crippen LogP contribution in [0.5, 0.6) is 0 Å². The van der Waals surface area contributed by atoms with Crippen molar-refractivity contribution in [3.8, 4) is 0 Å². The lowest BCUT2D eigenvalue weighted by atomic mass is 10.0. The van der Waals surface area contributed by atoms with E-state index in [1.165, 1.54) is 6.07 Å². The summed E-state index contributed by atoms with van der Waals surface area (Å²) in [4.78, 5) is 12.8. The summed E-state index contributed by atoms with van der Waals surface area (Å²) in [5.41, 5.74) is 1.25. The van der Waals surface area contributed by atoms with Gasteiger partial charge >= 0.3 is 5.97 Å². The fraction of sp³-hybridized carbons (Fsp3) is 0.533. The van der Waals surface area contributed by atoms with E-state index >= 15 is 0 Å². The lowest BCUT2D eigenvalue weighted by molar-refractivity contribution is 0.0695. The van der Waals surface area contributed by atoms with Crippen molar-refractivity contribution in [1.82, 2.24) is 0 Å². The highest BCUT2D eigenvalue weighted by Crippen LogP contribution is 2.29. The molecule has 6 heteroatoms. The van der Waals surface area contributed by atoms with Crippen molar-refractivity contribution in [3.05, 3.63) is 29.3 Å². The molecule has 0 bridgehead atoms. The lowest BCUT2D eigenvalue weighted by Crippen LogP contribution is -2.42. The molecular weight excluding hydrogens is 280 g/mol. The maximum absolute atomic E-state index is 12.9. The molecule has 1 fully saturated rings. The molecule has 1 aliphatic rings. The van der Waals surface area contributed by atoms with Gasteiger partial charge in [-0.3, -0.25) is 0 Å². The summed E-state index contributed by atoms with van der Waals surface area (Å²) in [5, 5.41) is 9.18. The van der Waals surface area contributed by atoms with Gasteiger partial charge in [0.2, 0.25) is 0 Å². The van der Waals surface area contributed by atoms with Crippen molar-refractivity contribution >= 4 is 11.7 Å². The van der Waals surface area contributed by atoms with Crippen LogP contribution in [-0.4, -0.2) is 43.3 Å². The summed E-state index contributed by atoms with van der Waals surface area (Å²) in [6.07, 6.45) is -1.13. The summed E-state index contributed by atoms with van der Waals surface area (Å²) in [7, 11) is 0.